The van der Waals surface area contributed by atoms with E-state index in [4.69, 9.17) is 9.40 Å². The van der Waals surface area contributed by atoms with Gasteiger partial charge in [-0.3, -0.25) is 4.98 Å². The van der Waals surface area contributed by atoms with E-state index in [-0.39, 0.29) is 20.1 Å². The Labute approximate surface area is 329 Å². The molecule has 0 spiro atoms. The van der Waals surface area contributed by atoms with Gasteiger partial charge >= 0.3 is 0 Å². The summed E-state index contributed by atoms with van der Waals surface area (Å²) in [6.45, 7) is 6.36. The first kappa shape index (κ1) is 36.2. The number of benzene rings is 6. The smallest absolute Gasteiger partial charge is 0.0774 e. The molecule has 3 aromatic heterocycles. The molecule has 4 nitrogen and oxygen atoms in total. The van der Waals surface area contributed by atoms with Crippen LogP contribution in [-0.4, -0.2) is 14.5 Å². The van der Waals surface area contributed by atoms with Crippen molar-refractivity contribution in [3.05, 3.63) is 193 Å². The third kappa shape index (κ3) is 7.25. The van der Waals surface area contributed by atoms with Crippen LogP contribution in [0.3, 0.4) is 0 Å². The number of rotatable bonds is 6. The van der Waals surface area contributed by atoms with Gasteiger partial charge in [0.05, 0.1) is 22.5 Å². The maximum Gasteiger partial charge on any atom is 0.0774 e. The first-order valence-electron chi connectivity index (χ1n) is 17.8. The number of nitrogens with zero attached hydrogens (tertiary/aromatic N) is 3. The van der Waals surface area contributed by atoms with Gasteiger partial charge in [-0.2, -0.15) is 0 Å². The van der Waals surface area contributed by atoms with Crippen molar-refractivity contribution in [3.63, 3.8) is 0 Å². The molecule has 265 valence electrons. The fourth-order valence-electron chi connectivity index (χ4n) is 6.74. The van der Waals surface area contributed by atoms with Gasteiger partial charge in [0.2, 0.25) is 0 Å². The van der Waals surface area contributed by atoms with E-state index in [1.807, 2.05) is 54.6 Å². The van der Waals surface area contributed by atoms with Crippen molar-refractivity contribution in [1.82, 2.24) is 14.5 Å². The van der Waals surface area contributed by atoms with Crippen LogP contribution in [0.2, 0.25) is 0 Å². The van der Waals surface area contributed by atoms with Crippen LogP contribution in [0.5, 0.6) is 0 Å². The zero-order valence-corrected chi connectivity index (χ0v) is 32.6. The summed E-state index contributed by atoms with van der Waals surface area (Å²) in [6.07, 6.45) is 7.15. The van der Waals surface area contributed by atoms with Gasteiger partial charge in [0, 0.05) is 49.3 Å². The molecule has 0 fully saturated rings. The summed E-state index contributed by atoms with van der Waals surface area (Å²) in [5.41, 5.74) is 14.8. The number of hydrogen-bond acceptors (Lipinski definition) is 3. The minimum atomic E-state index is 0. The molecule has 0 atom stereocenters. The average Bonchev–Trinajstić information content (AvgIpc) is 3.83. The van der Waals surface area contributed by atoms with E-state index in [2.05, 4.69) is 152 Å². The molecule has 3 heterocycles. The Bertz CT molecular complexity index is 2580. The molecule has 0 saturated heterocycles. The average molecular weight is 876 g/mol. The number of aromatic nitrogens is 3. The zero-order valence-electron chi connectivity index (χ0n) is 30.2. The van der Waals surface area contributed by atoms with Gasteiger partial charge in [-0.05, 0) is 84.6 Å². The molecule has 0 N–H and O–H groups in total. The molecule has 0 aliphatic rings. The second kappa shape index (κ2) is 16.3. The number of hydrogen-bond donors (Lipinski definition) is 0. The molecule has 6 aromatic carbocycles. The minimum absolute atomic E-state index is 0. The van der Waals surface area contributed by atoms with Gasteiger partial charge in [0.15, 0.2) is 0 Å². The van der Waals surface area contributed by atoms with Crippen molar-refractivity contribution in [1.29, 1.82) is 0 Å². The molecule has 1 radical (unpaired) electrons. The van der Waals surface area contributed by atoms with Crippen LogP contribution >= 0.6 is 0 Å². The standard InChI is InChI=1S/C38H29N2O.C11H8N.Ir/c1-4-26(3)29-19-20-36-32(23-29)33(24-41-36)38-39-34-17-11-12-18-35(34)40(38)37-30(27-13-7-5-8-14-27)21-25(2)22-31(37)28-15-9-6-10-16-28;1-2-6-10(7-3-1)11-8-4-5-9-12-11;/h4-23H,1-3H3;1-6,8-9H;/q2*-1;/b26-4-;;. The monoisotopic (exact) mass is 876 g/mol. The van der Waals surface area contributed by atoms with E-state index < -0.39 is 0 Å². The van der Waals surface area contributed by atoms with Gasteiger partial charge in [0.25, 0.3) is 0 Å². The summed E-state index contributed by atoms with van der Waals surface area (Å²) >= 11 is 0. The van der Waals surface area contributed by atoms with Crippen LogP contribution < -0.4 is 0 Å². The number of para-hydroxylation sites is 2. The van der Waals surface area contributed by atoms with Crippen LogP contribution in [0.15, 0.2) is 174 Å². The minimum Gasteiger partial charge on any atom is -0.557 e. The quantitative estimate of drug-likeness (QED) is 0.156. The van der Waals surface area contributed by atoms with E-state index in [0.717, 1.165) is 78.2 Å². The normalized spacial score (nSPS) is 11.2. The second-order valence-electron chi connectivity index (χ2n) is 13.0. The number of fused-ring (bicyclic) bond motifs is 2. The zero-order chi connectivity index (χ0) is 36.1. The fourth-order valence-corrected chi connectivity index (χ4v) is 6.74. The molecule has 54 heavy (non-hydrogen) atoms. The van der Waals surface area contributed by atoms with Crippen molar-refractivity contribution >= 4 is 27.6 Å². The topological polar surface area (TPSA) is 43.9 Å². The summed E-state index contributed by atoms with van der Waals surface area (Å²) in [5.74, 6) is 0.804. The summed E-state index contributed by atoms with van der Waals surface area (Å²) in [7, 11) is 0. The van der Waals surface area contributed by atoms with Crippen molar-refractivity contribution < 1.29 is 24.5 Å². The van der Waals surface area contributed by atoms with E-state index in [1.165, 1.54) is 11.1 Å². The predicted molar refractivity (Wildman–Crippen MR) is 219 cm³/mol. The first-order valence-corrected chi connectivity index (χ1v) is 17.8. The number of furan rings is 1. The van der Waals surface area contributed by atoms with Gasteiger partial charge in [-0.1, -0.05) is 120 Å². The summed E-state index contributed by atoms with van der Waals surface area (Å²) in [4.78, 5) is 9.44. The third-order valence-corrected chi connectivity index (χ3v) is 9.48. The first-order chi connectivity index (χ1) is 26.1. The SMILES string of the molecule is C/C=C(/C)c1ccc2o[c-]c(-c3nc4ccccc4n3-c3c(-c4ccccc4)cc(C)cc3-c3ccccc3)c2c1.[Ir].[c-]1ccccc1-c1ccccn1. The molecule has 0 bridgehead atoms. The Hall–Kier alpha value is -6.13. The molecule has 5 heteroatoms. The Kier molecular flexibility index (Phi) is 10.9. The summed E-state index contributed by atoms with van der Waals surface area (Å²) < 4.78 is 8.31. The number of allylic oxidation sites excluding steroid dienone is 2. The molecule has 9 aromatic rings. The molecule has 0 amide bonds. The van der Waals surface area contributed by atoms with Crippen molar-refractivity contribution in [2.24, 2.45) is 0 Å². The summed E-state index contributed by atoms with van der Waals surface area (Å²) in [6, 6.07) is 57.3. The van der Waals surface area contributed by atoms with Gasteiger partial charge < -0.3 is 14.0 Å². The van der Waals surface area contributed by atoms with Crippen LogP contribution in [0.1, 0.15) is 25.0 Å². The molecule has 0 unspecified atom stereocenters. The Balaban J connectivity index is 0.000000294. The number of aryl methyl sites for hydroxylation is 1. The largest absolute Gasteiger partial charge is 0.557 e. The number of pyridine rings is 1. The molecule has 0 aliphatic heterocycles. The van der Waals surface area contributed by atoms with E-state index >= 15 is 0 Å². The van der Waals surface area contributed by atoms with E-state index in [0.29, 0.717) is 0 Å². The fraction of sp³-hybridized carbons (Fsp3) is 0.0612. The maximum absolute atomic E-state index is 6.01. The van der Waals surface area contributed by atoms with Gasteiger partial charge in [-0.25, -0.2) is 0 Å². The van der Waals surface area contributed by atoms with Gasteiger partial charge in [-0.15, -0.1) is 35.9 Å². The van der Waals surface area contributed by atoms with Crippen molar-refractivity contribution in [2.45, 2.75) is 20.8 Å². The Morgan fingerprint density at radius 1 is 0.722 bits per heavy atom. The van der Waals surface area contributed by atoms with Crippen LogP contribution in [0.25, 0.3) is 78.2 Å². The van der Waals surface area contributed by atoms with Crippen LogP contribution in [0, 0.1) is 19.3 Å². The third-order valence-electron chi connectivity index (χ3n) is 9.48. The van der Waals surface area contributed by atoms with E-state index in [1.54, 1.807) is 6.20 Å². The molecular formula is C49H37IrN3O-2. The van der Waals surface area contributed by atoms with Crippen molar-refractivity contribution in [3.8, 4) is 50.6 Å². The molecule has 0 saturated carbocycles. The molecule has 0 aliphatic carbocycles. The van der Waals surface area contributed by atoms with Crippen LogP contribution in [-0.2, 0) is 20.1 Å². The van der Waals surface area contributed by atoms with Gasteiger partial charge in [0.1, 0.15) is 0 Å². The number of imidazole rings is 1. The Morgan fingerprint density at radius 3 is 2.04 bits per heavy atom. The second-order valence-corrected chi connectivity index (χ2v) is 13.0. The van der Waals surface area contributed by atoms with Crippen molar-refractivity contribution in [2.75, 3.05) is 0 Å². The maximum atomic E-state index is 6.01. The molecular weight excluding hydrogens is 839 g/mol. The predicted octanol–water partition coefficient (Wildman–Crippen LogP) is 12.9. The van der Waals surface area contributed by atoms with Crippen LogP contribution in [0.4, 0.5) is 0 Å². The van der Waals surface area contributed by atoms with E-state index in [9.17, 15) is 0 Å². The summed E-state index contributed by atoms with van der Waals surface area (Å²) in [5, 5.41) is 0.995. The molecule has 9 rings (SSSR count). The Morgan fingerprint density at radius 2 is 1.39 bits per heavy atom.